The van der Waals surface area contributed by atoms with Gasteiger partial charge in [0.1, 0.15) is 5.82 Å². The van der Waals surface area contributed by atoms with E-state index in [0.717, 1.165) is 38.6 Å². The first-order valence-electron chi connectivity index (χ1n) is 6.93. The SMILES string of the molecule is CCCc1nccn1CCCCCC(=O)OCC. The van der Waals surface area contributed by atoms with Gasteiger partial charge in [0.25, 0.3) is 0 Å². The third-order valence-corrected chi connectivity index (χ3v) is 2.86. The first-order valence-corrected chi connectivity index (χ1v) is 6.93. The highest BCUT2D eigenvalue weighted by Crippen LogP contribution is 2.07. The lowest BCUT2D eigenvalue weighted by molar-refractivity contribution is -0.143. The van der Waals surface area contributed by atoms with Crippen LogP contribution in [0.2, 0.25) is 0 Å². The summed E-state index contributed by atoms with van der Waals surface area (Å²) in [6.45, 7) is 5.48. The van der Waals surface area contributed by atoms with Crippen molar-refractivity contribution < 1.29 is 9.53 Å². The summed E-state index contributed by atoms with van der Waals surface area (Å²) < 4.78 is 7.11. The molecule has 0 unspecified atom stereocenters. The summed E-state index contributed by atoms with van der Waals surface area (Å²) in [6, 6.07) is 0. The van der Waals surface area contributed by atoms with Crippen molar-refractivity contribution in [1.82, 2.24) is 9.55 Å². The van der Waals surface area contributed by atoms with Crippen LogP contribution in [0, 0.1) is 0 Å². The lowest BCUT2D eigenvalue weighted by atomic mass is 10.2. The molecule has 0 aliphatic carbocycles. The van der Waals surface area contributed by atoms with E-state index in [-0.39, 0.29) is 5.97 Å². The summed E-state index contributed by atoms with van der Waals surface area (Å²) in [6.07, 6.45) is 9.67. The predicted molar refractivity (Wildman–Crippen MR) is 71.3 cm³/mol. The highest BCUT2D eigenvalue weighted by molar-refractivity contribution is 5.69. The minimum atomic E-state index is -0.0770. The predicted octanol–water partition coefficient (Wildman–Crippen LogP) is 2.96. The minimum Gasteiger partial charge on any atom is -0.466 e. The Bertz CT molecular complexity index is 347. The van der Waals surface area contributed by atoms with E-state index < -0.39 is 0 Å². The molecule has 102 valence electrons. The molecule has 0 radical (unpaired) electrons. The molecule has 0 N–H and O–H groups in total. The highest BCUT2D eigenvalue weighted by Gasteiger charge is 2.03. The van der Waals surface area contributed by atoms with E-state index in [9.17, 15) is 4.79 Å². The van der Waals surface area contributed by atoms with Gasteiger partial charge in [-0.25, -0.2) is 4.98 Å². The van der Waals surface area contributed by atoms with Gasteiger partial charge >= 0.3 is 5.97 Å². The number of aryl methyl sites for hydroxylation is 2. The number of carbonyl (C=O) groups excluding carboxylic acids is 1. The van der Waals surface area contributed by atoms with Gasteiger partial charge in [-0.3, -0.25) is 4.79 Å². The summed E-state index contributed by atoms with van der Waals surface area (Å²) in [5, 5.41) is 0. The zero-order chi connectivity index (χ0) is 13.2. The number of esters is 1. The van der Waals surface area contributed by atoms with Crippen LogP contribution in [-0.4, -0.2) is 22.1 Å². The summed E-state index contributed by atoms with van der Waals surface area (Å²) in [5.41, 5.74) is 0. The molecule has 1 rings (SSSR count). The molecule has 0 amide bonds. The number of imidazole rings is 1. The van der Waals surface area contributed by atoms with Gasteiger partial charge in [-0.15, -0.1) is 0 Å². The molecule has 4 heteroatoms. The van der Waals surface area contributed by atoms with Crippen LogP contribution in [-0.2, 0) is 22.5 Å². The summed E-state index contributed by atoms with van der Waals surface area (Å²) in [5.74, 6) is 1.09. The summed E-state index contributed by atoms with van der Waals surface area (Å²) >= 11 is 0. The van der Waals surface area contributed by atoms with E-state index in [1.165, 1.54) is 5.82 Å². The van der Waals surface area contributed by atoms with Crippen molar-refractivity contribution in [3.63, 3.8) is 0 Å². The molecule has 0 spiro atoms. The standard InChI is InChI=1S/C14H24N2O2/c1-3-8-13-15-10-12-16(13)11-7-5-6-9-14(17)18-4-2/h10,12H,3-9,11H2,1-2H3. The van der Waals surface area contributed by atoms with Gasteiger partial charge in [0, 0.05) is 31.8 Å². The first-order chi connectivity index (χ1) is 8.77. The van der Waals surface area contributed by atoms with Gasteiger partial charge in [-0.05, 0) is 26.2 Å². The number of hydrogen-bond donors (Lipinski definition) is 0. The van der Waals surface area contributed by atoms with Crippen molar-refractivity contribution in [2.24, 2.45) is 0 Å². The fraction of sp³-hybridized carbons (Fsp3) is 0.714. The Morgan fingerprint density at radius 1 is 1.33 bits per heavy atom. The average Bonchev–Trinajstić information content (AvgIpc) is 2.77. The summed E-state index contributed by atoms with van der Waals surface area (Å²) in [7, 11) is 0. The van der Waals surface area contributed by atoms with E-state index in [1.54, 1.807) is 0 Å². The van der Waals surface area contributed by atoms with Gasteiger partial charge in [0.2, 0.25) is 0 Å². The Labute approximate surface area is 109 Å². The largest absolute Gasteiger partial charge is 0.466 e. The van der Waals surface area contributed by atoms with E-state index in [1.807, 2.05) is 19.3 Å². The van der Waals surface area contributed by atoms with Crippen LogP contribution < -0.4 is 0 Å². The van der Waals surface area contributed by atoms with E-state index in [0.29, 0.717) is 13.0 Å². The van der Waals surface area contributed by atoms with Crippen molar-refractivity contribution >= 4 is 5.97 Å². The van der Waals surface area contributed by atoms with Crippen LogP contribution in [0.1, 0.15) is 51.8 Å². The Kier molecular flexibility index (Phi) is 7.14. The smallest absolute Gasteiger partial charge is 0.305 e. The lowest BCUT2D eigenvalue weighted by Crippen LogP contribution is -2.05. The topological polar surface area (TPSA) is 44.1 Å². The van der Waals surface area contributed by atoms with Gasteiger partial charge in [-0.1, -0.05) is 13.3 Å². The Hall–Kier alpha value is -1.32. The molecule has 0 aliphatic rings. The summed E-state index contributed by atoms with van der Waals surface area (Å²) in [4.78, 5) is 15.5. The third-order valence-electron chi connectivity index (χ3n) is 2.86. The molecule has 0 atom stereocenters. The fourth-order valence-corrected chi connectivity index (χ4v) is 1.96. The molecule has 0 saturated carbocycles. The maximum absolute atomic E-state index is 11.1. The Balaban J connectivity index is 2.14. The van der Waals surface area contributed by atoms with E-state index in [4.69, 9.17) is 4.74 Å². The van der Waals surface area contributed by atoms with Crippen LogP contribution in [0.25, 0.3) is 0 Å². The van der Waals surface area contributed by atoms with Crippen LogP contribution in [0.4, 0.5) is 0 Å². The molecule has 0 bridgehead atoms. The molecule has 1 aromatic rings. The second kappa shape index (κ2) is 8.72. The fourth-order valence-electron chi connectivity index (χ4n) is 1.96. The van der Waals surface area contributed by atoms with Gasteiger partial charge in [-0.2, -0.15) is 0 Å². The van der Waals surface area contributed by atoms with Gasteiger partial charge in [0.05, 0.1) is 6.61 Å². The molecular weight excluding hydrogens is 228 g/mol. The zero-order valence-electron chi connectivity index (χ0n) is 11.5. The Morgan fingerprint density at radius 3 is 2.89 bits per heavy atom. The number of unbranched alkanes of at least 4 members (excludes halogenated alkanes) is 2. The van der Waals surface area contributed by atoms with Crippen molar-refractivity contribution in [3.05, 3.63) is 18.2 Å². The quantitative estimate of drug-likeness (QED) is 0.501. The average molecular weight is 252 g/mol. The van der Waals surface area contributed by atoms with Crippen LogP contribution in [0.15, 0.2) is 12.4 Å². The normalized spacial score (nSPS) is 10.6. The molecule has 0 aliphatic heterocycles. The Morgan fingerprint density at radius 2 is 2.17 bits per heavy atom. The number of nitrogens with zero attached hydrogens (tertiary/aromatic N) is 2. The number of ether oxygens (including phenoxy) is 1. The molecule has 0 saturated heterocycles. The second-order valence-corrected chi connectivity index (χ2v) is 4.40. The monoisotopic (exact) mass is 252 g/mol. The number of hydrogen-bond acceptors (Lipinski definition) is 3. The molecule has 0 aromatic carbocycles. The van der Waals surface area contributed by atoms with Crippen LogP contribution >= 0.6 is 0 Å². The maximum atomic E-state index is 11.1. The van der Waals surface area contributed by atoms with Crippen molar-refractivity contribution in [2.45, 2.75) is 58.9 Å². The van der Waals surface area contributed by atoms with Gasteiger partial charge < -0.3 is 9.30 Å². The van der Waals surface area contributed by atoms with Crippen molar-refractivity contribution in [2.75, 3.05) is 6.61 Å². The van der Waals surface area contributed by atoms with Crippen molar-refractivity contribution in [3.8, 4) is 0 Å². The minimum absolute atomic E-state index is 0.0770. The number of aromatic nitrogens is 2. The highest BCUT2D eigenvalue weighted by atomic mass is 16.5. The maximum Gasteiger partial charge on any atom is 0.305 e. The molecule has 18 heavy (non-hydrogen) atoms. The van der Waals surface area contributed by atoms with E-state index in [2.05, 4.69) is 16.5 Å². The van der Waals surface area contributed by atoms with Crippen molar-refractivity contribution in [1.29, 1.82) is 0 Å². The number of rotatable bonds is 9. The second-order valence-electron chi connectivity index (χ2n) is 4.40. The molecule has 1 aromatic heterocycles. The third kappa shape index (κ3) is 5.34. The van der Waals surface area contributed by atoms with Crippen LogP contribution in [0.3, 0.4) is 0 Å². The zero-order valence-corrected chi connectivity index (χ0v) is 11.5. The van der Waals surface area contributed by atoms with Gasteiger partial charge in [0.15, 0.2) is 0 Å². The molecule has 4 nitrogen and oxygen atoms in total. The molecule has 0 fully saturated rings. The number of carbonyl (C=O) groups is 1. The van der Waals surface area contributed by atoms with Crippen LogP contribution in [0.5, 0.6) is 0 Å². The van der Waals surface area contributed by atoms with E-state index >= 15 is 0 Å². The first kappa shape index (κ1) is 14.7. The molecule has 1 heterocycles. The lowest BCUT2D eigenvalue weighted by Gasteiger charge is -2.07. The molecular formula is C14H24N2O2.